The number of halogens is 4. The Morgan fingerprint density at radius 1 is 1.06 bits per heavy atom. The summed E-state index contributed by atoms with van der Waals surface area (Å²) in [5.74, 6) is -0.533. The van der Waals surface area contributed by atoms with Crippen LogP contribution in [0.3, 0.4) is 0 Å². The first-order chi connectivity index (χ1) is 15.3. The Balaban J connectivity index is 1.91. The lowest BCUT2D eigenvalue weighted by atomic mass is 10.0. The molecule has 1 N–H and O–H groups in total. The smallest absolute Gasteiger partial charge is 0.356 e. The van der Waals surface area contributed by atoms with Crippen LogP contribution in [0.5, 0.6) is 0 Å². The molecule has 3 heterocycles. The predicted molar refractivity (Wildman–Crippen MR) is 124 cm³/mol. The first-order valence-corrected chi connectivity index (χ1v) is 10.5. The molecule has 0 saturated heterocycles. The lowest BCUT2D eigenvalue weighted by Crippen LogP contribution is -1.98. The van der Waals surface area contributed by atoms with Crippen molar-refractivity contribution in [1.29, 1.82) is 5.26 Å². The highest BCUT2D eigenvalue weighted by atomic mass is 35.5. The number of aromatic amines is 1. The van der Waals surface area contributed by atoms with Crippen molar-refractivity contribution < 1.29 is 14.3 Å². The van der Waals surface area contributed by atoms with Crippen LogP contribution >= 0.6 is 46.4 Å². The number of benzene rings is 1. The molecule has 0 fully saturated rings. The Hall–Kier alpha value is -2.95. The zero-order valence-corrected chi connectivity index (χ0v) is 19.2. The van der Waals surface area contributed by atoms with Crippen molar-refractivity contribution in [2.75, 3.05) is 7.11 Å². The summed E-state index contributed by atoms with van der Waals surface area (Å²) in [6.45, 7) is 0. The van der Waals surface area contributed by atoms with E-state index in [0.29, 0.717) is 44.2 Å². The number of nitrogens with zero attached hydrogens (tertiary/aromatic N) is 2. The highest BCUT2D eigenvalue weighted by Gasteiger charge is 2.31. The van der Waals surface area contributed by atoms with Gasteiger partial charge < -0.3 is 14.5 Å². The number of esters is 1. The SMILES string of the molecule is COC1=N/C(=C(\c2ccc(/C(C#N)=C3\OC(=O)C(Cl)=C3Cl)[nH]2)c2c(Cl)cccc2Cl)C=C1. The molecule has 1 aromatic heterocycles. The van der Waals surface area contributed by atoms with E-state index >= 15 is 0 Å². The summed E-state index contributed by atoms with van der Waals surface area (Å²) in [4.78, 5) is 19.3. The van der Waals surface area contributed by atoms with Crippen LogP contribution in [0.4, 0.5) is 0 Å². The molecule has 10 heteroatoms. The van der Waals surface area contributed by atoms with Gasteiger partial charge in [0.05, 0.1) is 28.5 Å². The standard InChI is InChI=1S/C22H11Cl4N3O3/c1-31-16-8-7-15(29-16)18(17-11(23)3-2-4-12(17)24)14-6-5-13(28-14)10(9-27)21-19(25)20(26)22(30)32-21/h2-8,28H,1H3/b18-15+,21-10-. The molecule has 0 unspecified atom stereocenters. The van der Waals surface area contributed by atoms with Crippen molar-refractivity contribution in [2.24, 2.45) is 4.99 Å². The Morgan fingerprint density at radius 2 is 1.75 bits per heavy atom. The maximum absolute atomic E-state index is 11.7. The van der Waals surface area contributed by atoms with Gasteiger partial charge in [0, 0.05) is 22.9 Å². The first-order valence-electron chi connectivity index (χ1n) is 8.97. The fraction of sp³-hybridized carbons (Fsp3) is 0.0455. The number of nitriles is 1. The van der Waals surface area contributed by atoms with Gasteiger partial charge in [0.2, 0.25) is 5.90 Å². The summed E-state index contributed by atoms with van der Waals surface area (Å²) in [5, 5.41) is 10.1. The molecule has 2 aliphatic heterocycles. The van der Waals surface area contributed by atoms with Gasteiger partial charge in [0.1, 0.15) is 21.7 Å². The van der Waals surface area contributed by atoms with Crippen LogP contribution in [0.1, 0.15) is 17.0 Å². The van der Waals surface area contributed by atoms with Crippen LogP contribution in [0.2, 0.25) is 10.0 Å². The molecule has 0 bridgehead atoms. The molecular formula is C22H11Cl4N3O3. The van der Waals surface area contributed by atoms with Crippen LogP contribution < -0.4 is 0 Å². The molecular weight excluding hydrogens is 496 g/mol. The van der Waals surface area contributed by atoms with E-state index in [1.54, 1.807) is 42.5 Å². The van der Waals surface area contributed by atoms with Crippen molar-refractivity contribution in [3.8, 4) is 6.07 Å². The monoisotopic (exact) mass is 505 g/mol. The number of nitrogens with one attached hydrogen (secondary N) is 1. The summed E-state index contributed by atoms with van der Waals surface area (Å²) in [6, 6.07) is 10.5. The maximum Gasteiger partial charge on any atom is 0.356 e. The van der Waals surface area contributed by atoms with Gasteiger partial charge in [-0.05, 0) is 30.3 Å². The Bertz CT molecular complexity index is 1340. The lowest BCUT2D eigenvalue weighted by molar-refractivity contribution is -0.132. The van der Waals surface area contributed by atoms with Gasteiger partial charge in [-0.15, -0.1) is 0 Å². The number of aliphatic imine (C=N–C) groups is 1. The van der Waals surface area contributed by atoms with Gasteiger partial charge in [-0.1, -0.05) is 52.5 Å². The van der Waals surface area contributed by atoms with E-state index in [-0.39, 0.29) is 21.4 Å². The number of H-pyrrole nitrogens is 1. The van der Waals surface area contributed by atoms with E-state index < -0.39 is 5.97 Å². The summed E-state index contributed by atoms with van der Waals surface area (Å²) in [6.07, 6.45) is 3.47. The number of ether oxygens (including phenoxy) is 2. The molecule has 0 aliphatic carbocycles. The third-order valence-electron chi connectivity index (χ3n) is 4.62. The number of cyclic esters (lactones) is 1. The highest BCUT2D eigenvalue weighted by Crippen LogP contribution is 2.40. The van der Waals surface area contributed by atoms with Gasteiger partial charge in [0.15, 0.2) is 5.76 Å². The zero-order valence-electron chi connectivity index (χ0n) is 16.2. The summed E-state index contributed by atoms with van der Waals surface area (Å²) in [7, 11) is 1.51. The summed E-state index contributed by atoms with van der Waals surface area (Å²) in [5.41, 5.74) is 2.58. The normalized spacial score (nSPS) is 18.5. The van der Waals surface area contributed by atoms with Crippen LogP contribution in [0, 0.1) is 11.3 Å². The predicted octanol–water partition coefficient (Wildman–Crippen LogP) is 6.18. The molecule has 1 aromatic carbocycles. The second-order valence-corrected chi connectivity index (χ2v) is 8.03. The van der Waals surface area contributed by atoms with Crippen molar-refractivity contribution in [3.63, 3.8) is 0 Å². The number of hydrogen-bond donors (Lipinski definition) is 1. The van der Waals surface area contributed by atoms with Gasteiger partial charge in [0.25, 0.3) is 0 Å². The molecule has 0 atom stereocenters. The molecule has 32 heavy (non-hydrogen) atoms. The molecule has 160 valence electrons. The van der Waals surface area contributed by atoms with E-state index in [1.807, 2.05) is 6.07 Å². The number of aromatic nitrogens is 1. The number of carbonyl (C=O) groups excluding carboxylic acids is 1. The van der Waals surface area contributed by atoms with Gasteiger partial charge in [-0.25, -0.2) is 9.79 Å². The number of methoxy groups -OCH3 is 1. The average molecular weight is 507 g/mol. The molecule has 0 saturated carbocycles. The van der Waals surface area contributed by atoms with E-state index in [0.717, 1.165) is 0 Å². The number of carbonyl (C=O) groups is 1. The number of rotatable bonds is 3. The van der Waals surface area contributed by atoms with Crippen molar-refractivity contribution in [2.45, 2.75) is 0 Å². The van der Waals surface area contributed by atoms with Crippen LogP contribution in [0.15, 0.2) is 69.0 Å². The lowest BCUT2D eigenvalue weighted by Gasteiger charge is -2.12. The second kappa shape index (κ2) is 8.89. The van der Waals surface area contributed by atoms with Gasteiger partial charge >= 0.3 is 5.97 Å². The summed E-state index contributed by atoms with van der Waals surface area (Å²) < 4.78 is 10.3. The summed E-state index contributed by atoms with van der Waals surface area (Å²) >= 11 is 24.9. The second-order valence-electron chi connectivity index (χ2n) is 6.46. The van der Waals surface area contributed by atoms with Crippen LogP contribution in [-0.4, -0.2) is 24.0 Å². The van der Waals surface area contributed by atoms with E-state index in [2.05, 4.69) is 9.98 Å². The number of allylic oxidation sites excluding steroid dienone is 3. The molecule has 0 amide bonds. The quantitative estimate of drug-likeness (QED) is 0.398. The fourth-order valence-electron chi connectivity index (χ4n) is 3.19. The van der Waals surface area contributed by atoms with Crippen LogP contribution in [-0.2, 0) is 14.3 Å². The molecule has 6 nitrogen and oxygen atoms in total. The Morgan fingerprint density at radius 3 is 2.31 bits per heavy atom. The zero-order chi connectivity index (χ0) is 23.0. The Kier molecular flexibility index (Phi) is 6.18. The minimum Gasteiger partial charge on any atom is -0.481 e. The van der Waals surface area contributed by atoms with Crippen molar-refractivity contribution in [3.05, 3.63) is 91.0 Å². The first kappa shape index (κ1) is 22.3. The average Bonchev–Trinajstić information content (AvgIpc) is 3.49. The van der Waals surface area contributed by atoms with Crippen LogP contribution in [0.25, 0.3) is 11.1 Å². The maximum atomic E-state index is 11.7. The molecule has 0 spiro atoms. The van der Waals surface area contributed by atoms with Gasteiger partial charge in [-0.2, -0.15) is 5.26 Å². The van der Waals surface area contributed by atoms with Gasteiger partial charge in [-0.3, -0.25) is 0 Å². The Labute approximate surface area is 202 Å². The van der Waals surface area contributed by atoms with E-state index in [4.69, 9.17) is 55.9 Å². The molecule has 4 rings (SSSR count). The minimum absolute atomic E-state index is 0.00269. The van der Waals surface area contributed by atoms with E-state index in [9.17, 15) is 10.1 Å². The molecule has 2 aromatic rings. The third-order valence-corrected chi connectivity index (χ3v) is 6.05. The highest BCUT2D eigenvalue weighted by molar-refractivity contribution is 6.50. The van der Waals surface area contributed by atoms with Crippen molar-refractivity contribution >= 4 is 69.4 Å². The molecule has 0 radical (unpaired) electrons. The third kappa shape index (κ3) is 3.85. The van der Waals surface area contributed by atoms with Crippen molar-refractivity contribution in [1.82, 2.24) is 4.98 Å². The van der Waals surface area contributed by atoms with E-state index in [1.165, 1.54) is 7.11 Å². The largest absolute Gasteiger partial charge is 0.481 e. The molecule has 2 aliphatic rings. The minimum atomic E-state index is -0.825. The topological polar surface area (TPSA) is 87.5 Å². The number of hydrogen-bond acceptors (Lipinski definition) is 5. The fourth-order valence-corrected chi connectivity index (χ4v) is 4.11.